The molecule has 1 aromatic carbocycles. The summed E-state index contributed by atoms with van der Waals surface area (Å²) in [6.45, 7) is 3.15. The average molecular weight is 341 g/mol. The van der Waals surface area contributed by atoms with Crippen molar-refractivity contribution in [3.8, 4) is 11.5 Å². The topological polar surface area (TPSA) is 38.7 Å². The van der Waals surface area contributed by atoms with E-state index in [0.29, 0.717) is 19.0 Å². The number of aliphatic hydroxyl groups excluding tert-OH is 1. The Bertz CT molecular complexity index is 609. The molecule has 100 valence electrons. The van der Waals surface area contributed by atoms with E-state index in [1.54, 1.807) is 11.3 Å². The van der Waals surface area contributed by atoms with Crippen LogP contribution in [0.5, 0.6) is 11.5 Å². The number of halogens is 1. The predicted octanol–water partition coefficient (Wildman–Crippen LogP) is 3.67. The maximum absolute atomic E-state index is 10.5. The predicted molar refractivity (Wildman–Crippen MR) is 78.2 cm³/mol. The molecule has 3 nitrogen and oxygen atoms in total. The Kier molecular flexibility index (Phi) is 3.52. The number of benzene rings is 1. The number of thiophene rings is 1. The first-order valence-corrected chi connectivity index (χ1v) is 7.59. The van der Waals surface area contributed by atoms with Crippen molar-refractivity contribution in [1.29, 1.82) is 0 Å². The minimum atomic E-state index is -0.649. The molecule has 1 aliphatic heterocycles. The van der Waals surface area contributed by atoms with Gasteiger partial charge in [0.05, 0.1) is 4.88 Å². The first-order valence-electron chi connectivity index (χ1n) is 5.98. The molecule has 2 aromatic rings. The zero-order valence-electron chi connectivity index (χ0n) is 10.4. The summed E-state index contributed by atoms with van der Waals surface area (Å²) in [5, 5.41) is 10.5. The maximum Gasteiger partial charge on any atom is 0.161 e. The molecule has 0 saturated heterocycles. The van der Waals surface area contributed by atoms with Gasteiger partial charge in [-0.2, -0.15) is 0 Å². The number of fused-ring (bicyclic) bond motifs is 1. The van der Waals surface area contributed by atoms with Gasteiger partial charge in [-0.3, -0.25) is 0 Å². The molecule has 0 saturated carbocycles. The van der Waals surface area contributed by atoms with Gasteiger partial charge in [-0.05, 0) is 46.6 Å². The van der Waals surface area contributed by atoms with Crippen molar-refractivity contribution in [2.75, 3.05) is 13.2 Å². The van der Waals surface area contributed by atoms with Gasteiger partial charge in [0.25, 0.3) is 0 Å². The van der Waals surface area contributed by atoms with Gasteiger partial charge in [0, 0.05) is 9.35 Å². The van der Waals surface area contributed by atoms with E-state index in [-0.39, 0.29) is 0 Å². The molecule has 2 heterocycles. The van der Waals surface area contributed by atoms with Crippen LogP contribution in [0.25, 0.3) is 0 Å². The smallest absolute Gasteiger partial charge is 0.161 e. The second-order valence-corrected chi connectivity index (χ2v) is 6.52. The molecule has 1 aliphatic rings. The Morgan fingerprint density at radius 1 is 1.21 bits per heavy atom. The second-order valence-electron chi connectivity index (χ2n) is 4.37. The number of hydrogen-bond acceptors (Lipinski definition) is 4. The lowest BCUT2D eigenvalue weighted by molar-refractivity contribution is 0.170. The lowest BCUT2D eigenvalue weighted by Gasteiger charge is -2.20. The highest BCUT2D eigenvalue weighted by molar-refractivity contribution is 9.10. The highest BCUT2D eigenvalue weighted by Crippen LogP contribution is 2.38. The fraction of sp³-hybridized carbons (Fsp3) is 0.286. The zero-order chi connectivity index (χ0) is 13.4. The van der Waals surface area contributed by atoms with E-state index in [1.165, 1.54) is 4.88 Å². The molecule has 0 radical (unpaired) electrons. The SMILES string of the molecule is Cc1cc(Br)c(C(O)c2ccc3c(c2)OCCO3)s1. The molecule has 0 spiro atoms. The molecular formula is C14H13BrO3S. The van der Waals surface area contributed by atoms with Crippen LogP contribution in [-0.4, -0.2) is 18.3 Å². The Morgan fingerprint density at radius 3 is 2.63 bits per heavy atom. The quantitative estimate of drug-likeness (QED) is 0.906. The molecule has 1 atom stereocenters. The first kappa shape index (κ1) is 13.0. The van der Waals surface area contributed by atoms with Crippen LogP contribution in [0.15, 0.2) is 28.7 Å². The maximum atomic E-state index is 10.5. The van der Waals surface area contributed by atoms with Crippen LogP contribution in [-0.2, 0) is 0 Å². The standard InChI is InChI=1S/C14H13BrO3S/c1-8-6-10(15)14(19-8)13(16)9-2-3-11-12(7-9)18-5-4-17-11/h2-3,6-7,13,16H,4-5H2,1H3. The van der Waals surface area contributed by atoms with E-state index >= 15 is 0 Å². The van der Waals surface area contributed by atoms with Crippen LogP contribution >= 0.6 is 27.3 Å². The Labute approximate surface area is 123 Å². The van der Waals surface area contributed by atoms with Crippen molar-refractivity contribution in [1.82, 2.24) is 0 Å². The molecule has 5 heteroatoms. The molecule has 0 aliphatic carbocycles. The van der Waals surface area contributed by atoms with E-state index in [1.807, 2.05) is 31.2 Å². The average Bonchev–Trinajstić information content (AvgIpc) is 2.76. The summed E-state index contributed by atoms with van der Waals surface area (Å²) in [4.78, 5) is 2.08. The van der Waals surface area contributed by atoms with Gasteiger partial charge in [0.15, 0.2) is 11.5 Å². The van der Waals surface area contributed by atoms with Gasteiger partial charge >= 0.3 is 0 Å². The van der Waals surface area contributed by atoms with Crippen LogP contribution in [0.3, 0.4) is 0 Å². The highest BCUT2D eigenvalue weighted by Gasteiger charge is 2.19. The Morgan fingerprint density at radius 2 is 1.95 bits per heavy atom. The molecule has 1 unspecified atom stereocenters. The fourth-order valence-electron chi connectivity index (χ4n) is 2.07. The van der Waals surface area contributed by atoms with Crippen molar-refractivity contribution < 1.29 is 14.6 Å². The van der Waals surface area contributed by atoms with Crippen molar-refractivity contribution in [2.24, 2.45) is 0 Å². The molecule has 1 N–H and O–H groups in total. The summed E-state index contributed by atoms with van der Waals surface area (Å²) in [7, 11) is 0. The lowest BCUT2D eigenvalue weighted by Crippen LogP contribution is -2.15. The summed E-state index contributed by atoms with van der Waals surface area (Å²) < 4.78 is 12.0. The summed E-state index contributed by atoms with van der Waals surface area (Å²) in [5.41, 5.74) is 0.812. The van der Waals surface area contributed by atoms with E-state index in [4.69, 9.17) is 9.47 Å². The van der Waals surface area contributed by atoms with E-state index in [2.05, 4.69) is 15.9 Å². The minimum absolute atomic E-state index is 0.550. The zero-order valence-corrected chi connectivity index (χ0v) is 12.8. The van der Waals surface area contributed by atoms with Crippen LogP contribution in [0.1, 0.15) is 21.4 Å². The van der Waals surface area contributed by atoms with Crippen molar-refractivity contribution in [3.05, 3.63) is 44.1 Å². The molecule has 0 amide bonds. The normalized spacial score (nSPS) is 15.3. The monoisotopic (exact) mass is 340 g/mol. The lowest BCUT2D eigenvalue weighted by atomic mass is 10.1. The number of ether oxygens (including phenoxy) is 2. The highest BCUT2D eigenvalue weighted by atomic mass is 79.9. The summed E-state index contributed by atoms with van der Waals surface area (Å²) in [6.07, 6.45) is -0.649. The van der Waals surface area contributed by atoms with Gasteiger partial charge < -0.3 is 14.6 Å². The number of aliphatic hydroxyl groups is 1. The molecule has 3 rings (SSSR count). The Hall–Kier alpha value is -1.04. The van der Waals surface area contributed by atoms with Crippen LogP contribution in [0.2, 0.25) is 0 Å². The van der Waals surface area contributed by atoms with Gasteiger partial charge in [-0.15, -0.1) is 11.3 Å². The molecule has 1 aromatic heterocycles. The van der Waals surface area contributed by atoms with Crippen molar-refractivity contribution in [3.63, 3.8) is 0 Å². The fourth-order valence-corrected chi connectivity index (χ4v) is 3.95. The largest absolute Gasteiger partial charge is 0.486 e. The van der Waals surface area contributed by atoms with Gasteiger partial charge in [-0.25, -0.2) is 0 Å². The number of rotatable bonds is 2. The third kappa shape index (κ3) is 2.50. The van der Waals surface area contributed by atoms with E-state index in [0.717, 1.165) is 20.7 Å². The third-order valence-electron chi connectivity index (χ3n) is 2.97. The van der Waals surface area contributed by atoms with Gasteiger partial charge in [0.1, 0.15) is 19.3 Å². The Balaban J connectivity index is 1.95. The molecular weight excluding hydrogens is 328 g/mol. The van der Waals surface area contributed by atoms with Crippen molar-refractivity contribution >= 4 is 27.3 Å². The summed E-state index contributed by atoms with van der Waals surface area (Å²) >= 11 is 5.07. The summed E-state index contributed by atoms with van der Waals surface area (Å²) in [5.74, 6) is 1.44. The van der Waals surface area contributed by atoms with Crippen LogP contribution < -0.4 is 9.47 Å². The van der Waals surface area contributed by atoms with E-state index in [9.17, 15) is 5.11 Å². The second kappa shape index (κ2) is 5.15. The first-order chi connectivity index (χ1) is 9.15. The molecule has 0 bridgehead atoms. The number of aryl methyl sites for hydroxylation is 1. The van der Waals surface area contributed by atoms with Gasteiger partial charge in [-0.1, -0.05) is 6.07 Å². The van der Waals surface area contributed by atoms with Crippen molar-refractivity contribution in [2.45, 2.75) is 13.0 Å². The minimum Gasteiger partial charge on any atom is -0.486 e. The summed E-state index contributed by atoms with van der Waals surface area (Å²) in [6, 6.07) is 7.59. The van der Waals surface area contributed by atoms with Crippen LogP contribution in [0.4, 0.5) is 0 Å². The molecule has 0 fully saturated rings. The van der Waals surface area contributed by atoms with Gasteiger partial charge in [0.2, 0.25) is 0 Å². The van der Waals surface area contributed by atoms with E-state index < -0.39 is 6.10 Å². The third-order valence-corrected chi connectivity index (χ3v) is 4.99. The molecule has 19 heavy (non-hydrogen) atoms. The van der Waals surface area contributed by atoms with Crippen LogP contribution in [0, 0.1) is 6.92 Å². The number of hydrogen-bond donors (Lipinski definition) is 1.